The van der Waals surface area contributed by atoms with Gasteiger partial charge in [-0.1, -0.05) is 11.6 Å². The molecule has 0 aliphatic carbocycles. The maximum absolute atomic E-state index is 13.0. The molecule has 0 spiro atoms. The minimum Gasteiger partial charge on any atom is -0.328 e. The first kappa shape index (κ1) is 11.3. The Kier molecular flexibility index (Phi) is 2.86. The molecule has 0 aromatic heterocycles. The molecule has 16 heavy (non-hydrogen) atoms. The van der Waals surface area contributed by atoms with E-state index in [2.05, 4.69) is 21.2 Å². The van der Waals surface area contributed by atoms with Crippen LogP contribution >= 0.6 is 27.5 Å². The lowest BCUT2D eigenvalue weighted by atomic mass is 10.3. The molecule has 4 nitrogen and oxygen atoms in total. The van der Waals surface area contributed by atoms with Crippen molar-refractivity contribution in [1.29, 1.82) is 0 Å². The molecule has 0 bridgehead atoms. The van der Waals surface area contributed by atoms with Gasteiger partial charge in [0.25, 0.3) is 5.91 Å². The Morgan fingerprint density at radius 1 is 1.44 bits per heavy atom. The number of benzene rings is 1. The Morgan fingerprint density at radius 2 is 2.12 bits per heavy atom. The SMILES string of the molecule is O=C1CNC(=O)N1c1c(Cl)cc(F)cc1Br. The first-order chi connectivity index (χ1) is 7.50. The van der Waals surface area contributed by atoms with Crippen molar-refractivity contribution < 1.29 is 14.0 Å². The third kappa shape index (κ3) is 1.78. The number of nitrogens with one attached hydrogen (secondary N) is 1. The van der Waals surface area contributed by atoms with Crippen LogP contribution in [0.4, 0.5) is 14.9 Å². The van der Waals surface area contributed by atoms with E-state index in [1.165, 1.54) is 0 Å². The van der Waals surface area contributed by atoms with Crippen molar-refractivity contribution in [1.82, 2.24) is 5.32 Å². The third-order valence-electron chi connectivity index (χ3n) is 2.05. The van der Waals surface area contributed by atoms with Crippen molar-refractivity contribution in [3.05, 3.63) is 27.4 Å². The summed E-state index contributed by atoms with van der Waals surface area (Å²) in [7, 11) is 0. The number of hydrogen-bond acceptors (Lipinski definition) is 2. The monoisotopic (exact) mass is 306 g/mol. The van der Waals surface area contributed by atoms with E-state index < -0.39 is 17.8 Å². The number of urea groups is 1. The quantitative estimate of drug-likeness (QED) is 0.809. The number of hydrogen-bond donors (Lipinski definition) is 1. The standard InChI is InChI=1S/C9H5BrClFN2O2/c10-5-1-4(12)2-6(11)8(5)14-7(15)3-13-9(14)16/h1-2H,3H2,(H,13,16). The summed E-state index contributed by atoms with van der Waals surface area (Å²) in [6, 6.07) is 1.61. The first-order valence-electron chi connectivity index (χ1n) is 4.26. The van der Waals surface area contributed by atoms with Crippen LogP contribution in [0.3, 0.4) is 0 Å². The predicted octanol–water partition coefficient (Wildman–Crippen LogP) is 2.30. The highest BCUT2D eigenvalue weighted by Gasteiger charge is 2.33. The highest BCUT2D eigenvalue weighted by molar-refractivity contribution is 9.10. The molecule has 1 saturated heterocycles. The van der Waals surface area contributed by atoms with E-state index in [0.29, 0.717) is 0 Å². The van der Waals surface area contributed by atoms with Gasteiger partial charge in [-0.3, -0.25) is 4.79 Å². The lowest BCUT2D eigenvalue weighted by molar-refractivity contribution is -0.115. The molecule has 0 saturated carbocycles. The zero-order valence-electron chi connectivity index (χ0n) is 7.76. The Labute approximate surface area is 103 Å². The molecule has 0 radical (unpaired) electrons. The van der Waals surface area contributed by atoms with Gasteiger partial charge in [-0.25, -0.2) is 14.1 Å². The van der Waals surface area contributed by atoms with E-state index in [1.54, 1.807) is 0 Å². The number of anilines is 1. The molecule has 1 aromatic rings. The Morgan fingerprint density at radius 3 is 2.62 bits per heavy atom. The van der Waals surface area contributed by atoms with Crippen molar-refractivity contribution in [2.24, 2.45) is 0 Å². The second kappa shape index (κ2) is 4.03. The minimum absolute atomic E-state index is 0.00252. The van der Waals surface area contributed by atoms with E-state index >= 15 is 0 Å². The molecule has 0 atom stereocenters. The van der Waals surface area contributed by atoms with E-state index in [9.17, 15) is 14.0 Å². The van der Waals surface area contributed by atoms with E-state index in [1.807, 2.05) is 0 Å². The van der Waals surface area contributed by atoms with Gasteiger partial charge in [-0.15, -0.1) is 0 Å². The molecule has 84 valence electrons. The fourth-order valence-corrected chi connectivity index (χ4v) is 2.41. The van der Waals surface area contributed by atoms with Crippen LogP contribution in [0.25, 0.3) is 0 Å². The molecule has 1 N–H and O–H groups in total. The van der Waals surface area contributed by atoms with Crippen molar-refractivity contribution in [2.75, 3.05) is 11.4 Å². The molecular weight excluding hydrogens is 302 g/mol. The second-order valence-electron chi connectivity index (χ2n) is 3.11. The summed E-state index contributed by atoms with van der Waals surface area (Å²) in [4.78, 5) is 23.7. The van der Waals surface area contributed by atoms with Gasteiger partial charge in [-0.05, 0) is 28.1 Å². The molecular formula is C9H5BrClFN2O2. The lowest BCUT2D eigenvalue weighted by Gasteiger charge is -2.15. The highest BCUT2D eigenvalue weighted by Crippen LogP contribution is 2.35. The Balaban J connectivity index is 2.55. The molecule has 2 rings (SSSR count). The van der Waals surface area contributed by atoms with Gasteiger partial charge in [0.05, 0.1) is 17.3 Å². The van der Waals surface area contributed by atoms with Gasteiger partial charge < -0.3 is 5.32 Å². The summed E-state index contributed by atoms with van der Waals surface area (Å²) in [5.74, 6) is -0.980. The summed E-state index contributed by atoms with van der Waals surface area (Å²) in [5, 5.41) is 2.35. The molecule has 0 unspecified atom stereocenters. The van der Waals surface area contributed by atoms with Crippen LogP contribution in [0.2, 0.25) is 5.02 Å². The van der Waals surface area contributed by atoms with E-state index in [4.69, 9.17) is 11.6 Å². The van der Waals surface area contributed by atoms with Crippen LogP contribution in [0.1, 0.15) is 0 Å². The maximum Gasteiger partial charge on any atom is 0.329 e. The predicted molar refractivity (Wildman–Crippen MR) is 60.0 cm³/mol. The zero-order chi connectivity index (χ0) is 11.9. The van der Waals surface area contributed by atoms with Crippen molar-refractivity contribution in [3.8, 4) is 0 Å². The van der Waals surface area contributed by atoms with Crippen molar-refractivity contribution in [2.45, 2.75) is 0 Å². The van der Waals surface area contributed by atoms with Gasteiger partial charge in [0.15, 0.2) is 0 Å². The fraction of sp³-hybridized carbons (Fsp3) is 0.111. The number of amides is 3. The summed E-state index contributed by atoms with van der Waals surface area (Å²) < 4.78 is 13.2. The first-order valence-corrected chi connectivity index (χ1v) is 5.43. The van der Waals surface area contributed by atoms with Gasteiger partial charge in [0.2, 0.25) is 0 Å². The van der Waals surface area contributed by atoms with Crippen LogP contribution < -0.4 is 10.2 Å². The molecule has 1 fully saturated rings. The molecule has 1 heterocycles. The minimum atomic E-state index is -0.570. The summed E-state index contributed by atoms with van der Waals surface area (Å²) in [5.41, 5.74) is 0.156. The maximum atomic E-state index is 13.0. The summed E-state index contributed by atoms with van der Waals surface area (Å²) >= 11 is 8.87. The average molecular weight is 308 g/mol. The normalized spacial score (nSPS) is 15.6. The lowest BCUT2D eigenvalue weighted by Crippen LogP contribution is -2.31. The Bertz CT molecular complexity index is 455. The van der Waals surface area contributed by atoms with Gasteiger partial charge in [-0.2, -0.15) is 0 Å². The molecule has 1 aromatic carbocycles. The number of rotatable bonds is 1. The number of carbonyl (C=O) groups excluding carboxylic acids is 2. The largest absolute Gasteiger partial charge is 0.329 e. The third-order valence-corrected chi connectivity index (χ3v) is 2.94. The number of carbonyl (C=O) groups is 2. The summed E-state index contributed by atoms with van der Waals surface area (Å²) in [6.45, 7) is -0.0843. The Hall–Kier alpha value is -1.14. The van der Waals surface area contributed by atoms with E-state index in [0.717, 1.165) is 17.0 Å². The van der Waals surface area contributed by atoms with Crippen molar-refractivity contribution in [3.63, 3.8) is 0 Å². The van der Waals surface area contributed by atoms with Crippen LogP contribution in [-0.2, 0) is 4.79 Å². The van der Waals surface area contributed by atoms with Crippen LogP contribution in [0, 0.1) is 5.82 Å². The van der Waals surface area contributed by atoms with E-state index in [-0.39, 0.29) is 21.7 Å². The van der Waals surface area contributed by atoms with Crippen molar-refractivity contribution >= 4 is 45.2 Å². The second-order valence-corrected chi connectivity index (χ2v) is 4.37. The summed E-state index contributed by atoms with van der Waals surface area (Å²) in [6.07, 6.45) is 0. The molecule has 1 aliphatic rings. The molecule has 7 heteroatoms. The zero-order valence-corrected chi connectivity index (χ0v) is 10.1. The van der Waals surface area contributed by atoms with Gasteiger partial charge >= 0.3 is 6.03 Å². The fourth-order valence-electron chi connectivity index (χ4n) is 1.40. The number of imide groups is 1. The molecule has 3 amide bonds. The van der Waals surface area contributed by atoms with Gasteiger partial charge in [0, 0.05) is 4.47 Å². The number of nitrogens with zero attached hydrogens (tertiary/aromatic N) is 1. The number of halogens is 3. The highest BCUT2D eigenvalue weighted by atomic mass is 79.9. The van der Waals surface area contributed by atoms with Gasteiger partial charge in [0.1, 0.15) is 5.82 Å². The smallest absolute Gasteiger partial charge is 0.328 e. The van der Waals surface area contributed by atoms with Crippen LogP contribution in [-0.4, -0.2) is 18.5 Å². The molecule has 1 aliphatic heterocycles. The topological polar surface area (TPSA) is 49.4 Å². The van der Waals surface area contributed by atoms with Crippen LogP contribution in [0.15, 0.2) is 16.6 Å². The van der Waals surface area contributed by atoms with Crippen LogP contribution in [0.5, 0.6) is 0 Å². The average Bonchev–Trinajstić information content (AvgIpc) is 2.47.